The van der Waals surface area contributed by atoms with Crippen LogP contribution in [0.2, 0.25) is 0 Å². The summed E-state index contributed by atoms with van der Waals surface area (Å²) in [7, 11) is 1.36. The van der Waals surface area contributed by atoms with Crippen LogP contribution in [0.3, 0.4) is 0 Å². The van der Waals surface area contributed by atoms with Gasteiger partial charge in [-0.3, -0.25) is 4.98 Å². The quantitative estimate of drug-likeness (QED) is 0.183. The Bertz CT molecular complexity index is 1980. The SMILES string of the molecule is COC(=O)c1cnc2c3ccc(-c4ccc(-c5c(C)noc5C)cc4)cc3n(C(c3ccccc3F)C3CCOCC3)c2c1. The fourth-order valence-electron chi connectivity index (χ4n) is 6.69. The largest absolute Gasteiger partial charge is 0.465 e. The molecule has 1 saturated heterocycles. The summed E-state index contributed by atoms with van der Waals surface area (Å²) in [6.07, 6.45) is 3.12. The van der Waals surface area contributed by atoms with Crippen LogP contribution in [-0.4, -0.2) is 41.0 Å². The van der Waals surface area contributed by atoms with Crippen molar-refractivity contribution in [2.75, 3.05) is 20.3 Å². The van der Waals surface area contributed by atoms with Crippen LogP contribution < -0.4 is 0 Å². The number of hydrogen-bond acceptors (Lipinski definition) is 6. The maximum absolute atomic E-state index is 15.7. The molecule has 0 radical (unpaired) electrons. The molecule has 0 bridgehead atoms. The Labute approximate surface area is 254 Å². The molecule has 8 heteroatoms. The average Bonchev–Trinajstić information content (AvgIpc) is 3.57. The topological polar surface area (TPSA) is 79.4 Å². The number of ether oxygens (including phenoxy) is 2. The third kappa shape index (κ3) is 4.75. The van der Waals surface area contributed by atoms with Gasteiger partial charge in [0.05, 0.1) is 41.0 Å². The van der Waals surface area contributed by atoms with E-state index in [4.69, 9.17) is 19.0 Å². The Hall–Kier alpha value is -4.82. The summed E-state index contributed by atoms with van der Waals surface area (Å²) < 4.78 is 34.0. The van der Waals surface area contributed by atoms with E-state index in [1.54, 1.807) is 12.3 Å². The number of carbonyl (C=O) groups excluding carboxylic acids is 1. The van der Waals surface area contributed by atoms with E-state index >= 15 is 4.39 Å². The summed E-state index contributed by atoms with van der Waals surface area (Å²) in [6, 6.07) is 23.1. The molecule has 222 valence electrons. The number of benzene rings is 3. The summed E-state index contributed by atoms with van der Waals surface area (Å²) in [6.45, 7) is 5.08. The van der Waals surface area contributed by atoms with Crippen LogP contribution in [0.4, 0.5) is 4.39 Å². The first kappa shape index (κ1) is 28.0. The van der Waals surface area contributed by atoms with E-state index in [-0.39, 0.29) is 17.8 Å². The van der Waals surface area contributed by atoms with Crippen molar-refractivity contribution in [1.82, 2.24) is 14.7 Å². The zero-order valence-electron chi connectivity index (χ0n) is 24.8. The third-order valence-electron chi connectivity index (χ3n) is 8.82. The Balaban J connectivity index is 1.45. The van der Waals surface area contributed by atoms with Crippen LogP contribution in [0.5, 0.6) is 0 Å². The van der Waals surface area contributed by atoms with Gasteiger partial charge in [-0.15, -0.1) is 0 Å². The second-order valence-electron chi connectivity index (χ2n) is 11.4. The second-order valence-corrected chi connectivity index (χ2v) is 11.4. The van der Waals surface area contributed by atoms with Crippen LogP contribution in [0, 0.1) is 25.6 Å². The predicted octanol–water partition coefficient (Wildman–Crippen LogP) is 8.07. The molecule has 0 N–H and O–H groups in total. The van der Waals surface area contributed by atoms with Gasteiger partial charge in [0.25, 0.3) is 0 Å². The van der Waals surface area contributed by atoms with E-state index in [0.29, 0.717) is 24.3 Å². The molecule has 1 fully saturated rings. The molecule has 44 heavy (non-hydrogen) atoms. The molecule has 3 aromatic carbocycles. The normalized spacial score (nSPS) is 14.7. The van der Waals surface area contributed by atoms with Crippen molar-refractivity contribution in [2.24, 2.45) is 5.92 Å². The molecule has 7 nitrogen and oxygen atoms in total. The molecule has 6 aromatic rings. The van der Waals surface area contributed by atoms with Gasteiger partial charge in [0, 0.05) is 35.9 Å². The van der Waals surface area contributed by atoms with Gasteiger partial charge in [-0.25, -0.2) is 9.18 Å². The van der Waals surface area contributed by atoms with Gasteiger partial charge < -0.3 is 18.6 Å². The van der Waals surface area contributed by atoms with Crippen LogP contribution in [0.1, 0.15) is 46.3 Å². The molecule has 0 aliphatic carbocycles. The van der Waals surface area contributed by atoms with Gasteiger partial charge >= 0.3 is 5.97 Å². The van der Waals surface area contributed by atoms with Gasteiger partial charge in [-0.2, -0.15) is 0 Å². The highest BCUT2D eigenvalue weighted by atomic mass is 19.1. The summed E-state index contributed by atoms with van der Waals surface area (Å²) in [5.41, 5.74) is 8.33. The van der Waals surface area contributed by atoms with Crippen molar-refractivity contribution in [3.05, 3.63) is 107 Å². The van der Waals surface area contributed by atoms with Crippen LogP contribution in [0.25, 0.3) is 44.2 Å². The number of aromatic nitrogens is 3. The first-order chi connectivity index (χ1) is 21.4. The monoisotopic (exact) mass is 589 g/mol. The van der Waals surface area contributed by atoms with E-state index in [2.05, 4.69) is 52.2 Å². The van der Waals surface area contributed by atoms with Crippen molar-refractivity contribution in [1.29, 1.82) is 0 Å². The first-order valence-electron chi connectivity index (χ1n) is 14.8. The smallest absolute Gasteiger partial charge is 0.339 e. The molecule has 7 rings (SSSR count). The van der Waals surface area contributed by atoms with Gasteiger partial charge in [0.15, 0.2) is 0 Å². The van der Waals surface area contributed by atoms with Crippen LogP contribution >= 0.6 is 0 Å². The minimum atomic E-state index is -0.469. The Morgan fingerprint density at radius 3 is 2.39 bits per heavy atom. The first-order valence-corrected chi connectivity index (χ1v) is 14.8. The fraction of sp³-hybridized carbons (Fsp3) is 0.250. The second kappa shape index (κ2) is 11.4. The standard InChI is InChI=1S/C36H32FN3O4/c1-21-33(22(2)44-39-21)24-10-8-23(9-11-24)26-12-13-29-31(18-26)40(32-19-27(36(41)42-3)20-38-34(29)32)35(25-14-16-43-17-15-25)28-6-4-5-7-30(28)37/h4-13,18-20,25,35H,14-17H2,1-3H3. The predicted molar refractivity (Wildman–Crippen MR) is 167 cm³/mol. The number of hydrogen-bond donors (Lipinski definition) is 0. The number of rotatable bonds is 6. The van der Waals surface area contributed by atoms with E-state index < -0.39 is 5.97 Å². The number of fused-ring (bicyclic) bond motifs is 3. The summed E-state index contributed by atoms with van der Waals surface area (Å²) in [4.78, 5) is 17.4. The van der Waals surface area contributed by atoms with Gasteiger partial charge in [0.2, 0.25) is 0 Å². The number of nitrogens with zero attached hydrogens (tertiary/aromatic N) is 3. The number of pyridine rings is 1. The van der Waals surface area contributed by atoms with Crippen molar-refractivity contribution < 1.29 is 23.2 Å². The molecule has 0 saturated carbocycles. The lowest BCUT2D eigenvalue weighted by Gasteiger charge is -2.33. The number of carbonyl (C=O) groups is 1. The Morgan fingerprint density at radius 2 is 1.68 bits per heavy atom. The third-order valence-corrected chi connectivity index (χ3v) is 8.82. The number of aryl methyl sites for hydroxylation is 2. The zero-order chi connectivity index (χ0) is 30.4. The summed E-state index contributed by atoms with van der Waals surface area (Å²) >= 11 is 0. The Kier molecular flexibility index (Phi) is 7.22. The highest BCUT2D eigenvalue weighted by Crippen LogP contribution is 2.42. The highest BCUT2D eigenvalue weighted by molar-refractivity contribution is 6.08. The lowest BCUT2D eigenvalue weighted by molar-refractivity contribution is 0.0548. The average molecular weight is 590 g/mol. The molecule has 1 atom stereocenters. The summed E-state index contributed by atoms with van der Waals surface area (Å²) in [5, 5.41) is 5.03. The number of halogens is 1. The van der Waals surface area contributed by atoms with Crippen molar-refractivity contribution in [3.63, 3.8) is 0 Å². The number of esters is 1. The van der Waals surface area contributed by atoms with Crippen LogP contribution in [0.15, 0.2) is 83.5 Å². The molecular formula is C36H32FN3O4. The zero-order valence-corrected chi connectivity index (χ0v) is 24.8. The van der Waals surface area contributed by atoms with Crippen molar-refractivity contribution >= 4 is 27.9 Å². The van der Waals surface area contributed by atoms with E-state index in [1.165, 1.54) is 13.2 Å². The van der Waals surface area contributed by atoms with Gasteiger partial charge in [-0.1, -0.05) is 59.8 Å². The highest BCUT2D eigenvalue weighted by Gasteiger charge is 2.32. The maximum atomic E-state index is 15.7. The van der Waals surface area contributed by atoms with Crippen molar-refractivity contribution in [2.45, 2.75) is 32.7 Å². The number of methoxy groups -OCH3 is 1. The molecular weight excluding hydrogens is 557 g/mol. The van der Waals surface area contributed by atoms with Gasteiger partial charge in [-0.05, 0) is 67.5 Å². The summed E-state index contributed by atoms with van der Waals surface area (Å²) in [5.74, 6) is 0.164. The molecule has 1 aliphatic heterocycles. The Morgan fingerprint density at radius 1 is 0.955 bits per heavy atom. The molecule has 0 spiro atoms. The molecule has 3 aromatic heterocycles. The van der Waals surface area contributed by atoms with E-state index in [9.17, 15) is 4.79 Å². The minimum absolute atomic E-state index is 0.110. The molecule has 4 heterocycles. The van der Waals surface area contributed by atoms with E-state index in [0.717, 1.165) is 68.5 Å². The lowest BCUT2D eigenvalue weighted by atomic mass is 9.86. The maximum Gasteiger partial charge on any atom is 0.339 e. The molecule has 1 unspecified atom stereocenters. The lowest BCUT2D eigenvalue weighted by Crippen LogP contribution is -2.27. The molecule has 0 amide bonds. The van der Waals surface area contributed by atoms with Crippen molar-refractivity contribution in [3.8, 4) is 22.3 Å². The van der Waals surface area contributed by atoms with Crippen LogP contribution in [-0.2, 0) is 9.47 Å². The fourth-order valence-corrected chi connectivity index (χ4v) is 6.69. The van der Waals surface area contributed by atoms with E-state index in [1.807, 2.05) is 32.0 Å². The minimum Gasteiger partial charge on any atom is -0.465 e. The van der Waals surface area contributed by atoms with Gasteiger partial charge in [0.1, 0.15) is 11.6 Å². The molecule has 1 aliphatic rings.